The summed E-state index contributed by atoms with van der Waals surface area (Å²) in [7, 11) is -3.23. The van der Waals surface area contributed by atoms with Crippen LogP contribution in [0.5, 0.6) is 0 Å². The van der Waals surface area contributed by atoms with Crippen LogP contribution in [0.15, 0.2) is 0 Å². The first-order chi connectivity index (χ1) is 7.33. The van der Waals surface area contributed by atoms with Crippen molar-refractivity contribution >= 4 is 27.2 Å². The van der Waals surface area contributed by atoms with E-state index in [0.29, 0.717) is 24.4 Å². The number of hydrogen-bond donors (Lipinski definition) is 2. The van der Waals surface area contributed by atoms with E-state index >= 15 is 0 Å². The fourth-order valence-corrected chi connectivity index (χ4v) is 2.02. The van der Waals surface area contributed by atoms with Crippen molar-refractivity contribution in [1.82, 2.24) is 4.72 Å². The molecule has 0 spiro atoms. The standard InChI is InChI=1S/C9H20N2O3S2/c1-8(2)14-6-7-16(12,13)11-5-3-4-9(10)15/h8,11H,3-7H2,1-2H3,(H2,10,15). The highest BCUT2D eigenvalue weighted by atomic mass is 32.2. The van der Waals surface area contributed by atoms with E-state index in [1.807, 2.05) is 13.8 Å². The molecule has 96 valence electrons. The Kier molecular flexibility index (Phi) is 7.82. The zero-order chi connectivity index (χ0) is 12.6. The Morgan fingerprint density at radius 2 is 2.12 bits per heavy atom. The number of ether oxygens (including phenoxy) is 1. The van der Waals surface area contributed by atoms with Gasteiger partial charge >= 0.3 is 0 Å². The Balaban J connectivity index is 3.67. The second-order valence-electron chi connectivity index (χ2n) is 3.70. The maximum Gasteiger partial charge on any atom is 0.213 e. The molecule has 0 aliphatic carbocycles. The van der Waals surface area contributed by atoms with Gasteiger partial charge in [0.1, 0.15) is 0 Å². The van der Waals surface area contributed by atoms with Gasteiger partial charge in [-0.05, 0) is 26.7 Å². The molecule has 0 aliphatic heterocycles. The van der Waals surface area contributed by atoms with E-state index in [1.54, 1.807) is 0 Å². The number of sulfonamides is 1. The molecular weight excluding hydrogens is 248 g/mol. The van der Waals surface area contributed by atoms with Crippen LogP contribution in [0.25, 0.3) is 0 Å². The molecule has 0 aromatic rings. The highest BCUT2D eigenvalue weighted by Crippen LogP contribution is 1.93. The summed E-state index contributed by atoms with van der Waals surface area (Å²) in [5, 5.41) is 0. The zero-order valence-corrected chi connectivity index (χ0v) is 11.4. The molecule has 7 heteroatoms. The van der Waals surface area contributed by atoms with Crippen LogP contribution in [0.3, 0.4) is 0 Å². The fourth-order valence-electron chi connectivity index (χ4n) is 0.956. The Hall–Kier alpha value is -0.240. The van der Waals surface area contributed by atoms with Crippen molar-refractivity contribution in [3.8, 4) is 0 Å². The molecule has 0 fully saturated rings. The van der Waals surface area contributed by atoms with Gasteiger partial charge in [-0.2, -0.15) is 0 Å². The Labute approximate surface area is 103 Å². The highest BCUT2D eigenvalue weighted by Gasteiger charge is 2.09. The Bertz CT molecular complexity index is 302. The summed E-state index contributed by atoms with van der Waals surface area (Å²) in [4.78, 5) is 0.405. The van der Waals surface area contributed by atoms with Crippen LogP contribution in [0.1, 0.15) is 26.7 Å². The van der Waals surface area contributed by atoms with Crippen molar-refractivity contribution in [2.75, 3.05) is 18.9 Å². The van der Waals surface area contributed by atoms with Crippen molar-refractivity contribution in [2.24, 2.45) is 5.73 Å². The maximum absolute atomic E-state index is 11.4. The predicted octanol–water partition coefficient (Wildman–Crippen LogP) is 0.397. The molecule has 0 aromatic heterocycles. The van der Waals surface area contributed by atoms with E-state index in [-0.39, 0.29) is 18.5 Å². The molecule has 0 unspecified atom stereocenters. The van der Waals surface area contributed by atoms with Gasteiger partial charge in [0.05, 0.1) is 23.5 Å². The normalized spacial score (nSPS) is 11.9. The lowest BCUT2D eigenvalue weighted by molar-refractivity contribution is 0.0911. The number of nitrogens with one attached hydrogen (secondary N) is 1. The summed E-state index contributed by atoms with van der Waals surface area (Å²) >= 11 is 4.68. The first kappa shape index (κ1) is 15.8. The molecule has 3 N–H and O–H groups in total. The lowest BCUT2D eigenvalue weighted by Crippen LogP contribution is -2.30. The minimum atomic E-state index is -3.23. The van der Waals surface area contributed by atoms with Crippen LogP contribution in [0.2, 0.25) is 0 Å². The third-order valence-corrected chi connectivity index (χ3v) is 3.28. The van der Waals surface area contributed by atoms with Crippen molar-refractivity contribution in [1.29, 1.82) is 0 Å². The summed E-state index contributed by atoms with van der Waals surface area (Å²) in [6, 6.07) is 0. The van der Waals surface area contributed by atoms with Gasteiger partial charge in [0, 0.05) is 6.54 Å². The fraction of sp³-hybridized carbons (Fsp3) is 0.889. The lowest BCUT2D eigenvalue weighted by atomic mass is 10.3. The molecule has 0 saturated heterocycles. The second kappa shape index (κ2) is 7.94. The van der Waals surface area contributed by atoms with E-state index < -0.39 is 10.0 Å². The van der Waals surface area contributed by atoms with Gasteiger partial charge < -0.3 is 10.5 Å². The minimum absolute atomic E-state index is 0.0156. The molecule has 5 nitrogen and oxygen atoms in total. The Morgan fingerprint density at radius 3 is 2.62 bits per heavy atom. The summed E-state index contributed by atoms with van der Waals surface area (Å²) in [6.45, 7) is 4.30. The van der Waals surface area contributed by atoms with Crippen molar-refractivity contribution < 1.29 is 13.2 Å². The molecule has 0 aliphatic rings. The quantitative estimate of drug-likeness (QED) is 0.467. The van der Waals surface area contributed by atoms with Crippen molar-refractivity contribution in [3.05, 3.63) is 0 Å². The zero-order valence-electron chi connectivity index (χ0n) is 9.73. The monoisotopic (exact) mass is 268 g/mol. The maximum atomic E-state index is 11.4. The first-order valence-electron chi connectivity index (χ1n) is 5.21. The van der Waals surface area contributed by atoms with E-state index in [0.717, 1.165) is 0 Å². The van der Waals surface area contributed by atoms with E-state index in [9.17, 15) is 8.42 Å². The molecule has 0 atom stereocenters. The summed E-state index contributed by atoms with van der Waals surface area (Å²) in [5.74, 6) is -0.0156. The van der Waals surface area contributed by atoms with E-state index in [1.165, 1.54) is 0 Å². The SMILES string of the molecule is CC(C)OCCS(=O)(=O)NCCCC(N)=S. The van der Waals surface area contributed by atoms with Crippen LogP contribution >= 0.6 is 12.2 Å². The average molecular weight is 268 g/mol. The molecule has 0 rings (SSSR count). The van der Waals surface area contributed by atoms with Gasteiger partial charge in [-0.15, -0.1) is 0 Å². The van der Waals surface area contributed by atoms with Crippen LogP contribution in [-0.2, 0) is 14.8 Å². The van der Waals surface area contributed by atoms with Crippen LogP contribution in [0, 0.1) is 0 Å². The number of nitrogens with two attached hydrogens (primary N) is 1. The molecule has 0 saturated carbocycles. The van der Waals surface area contributed by atoms with Crippen LogP contribution in [-0.4, -0.2) is 38.4 Å². The van der Waals surface area contributed by atoms with E-state index in [4.69, 9.17) is 10.5 Å². The number of hydrogen-bond acceptors (Lipinski definition) is 4. The number of thiocarbonyl (C=S) groups is 1. The van der Waals surface area contributed by atoms with E-state index in [2.05, 4.69) is 16.9 Å². The highest BCUT2D eigenvalue weighted by molar-refractivity contribution is 7.89. The lowest BCUT2D eigenvalue weighted by Gasteiger charge is -2.09. The largest absolute Gasteiger partial charge is 0.393 e. The molecule has 0 heterocycles. The van der Waals surface area contributed by atoms with Gasteiger partial charge in [0.15, 0.2) is 0 Å². The first-order valence-corrected chi connectivity index (χ1v) is 7.27. The molecule has 0 amide bonds. The van der Waals surface area contributed by atoms with Crippen LogP contribution in [0.4, 0.5) is 0 Å². The smallest absolute Gasteiger partial charge is 0.213 e. The Morgan fingerprint density at radius 1 is 1.50 bits per heavy atom. The molecule has 0 aromatic carbocycles. The predicted molar refractivity (Wildman–Crippen MR) is 68.9 cm³/mol. The van der Waals surface area contributed by atoms with Gasteiger partial charge in [-0.1, -0.05) is 12.2 Å². The third-order valence-electron chi connectivity index (χ3n) is 1.73. The van der Waals surface area contributed by atoms with Gasteiger partial charge in [0.25, 0.3) is 0 Å². The summed E-state index contributed by atoms with van der Waals surface area (Å²) in [5.41, 5.74) is 5.29. The number of rotatable bonds is 9. The minimum Gasteiger partial charge on any atom is -0.393 e. The third kappa shape index (κ3) is 10.3. The molecule has 0 radical (unpaired) electrons. The summed E-state index contributed by atoms with van der Waals surface area (Å²) in [6.07, 6.45) is 1.23. The molecular formula is C9H20N2O3S2. The topological polar surface area (TPSA) is 81.4 Å². The van der Waals surface area contributed by atoms with Gasteiger partial charge in [-0.25, -0.2) is 13.1 Å². The summed E-state index contributed by atoms with van der Waals surface area (Å²) < 4.78 is 30.4. The van der Waals surface area contributed by atoms with Gasteiger partial charge in [0.2, 0.25) is 10.0 Å². The van der Waals surface area contributed by atoms with Gasteiger partial charge in [-0.3, -0.25) is 0 Å². The second-order valence-corrected chi connectivity index (χ2v) is 6.15. The molecule has 16 heavy (non-hydrogen) atoms. The van der Waals surface area contributed by atoms with Crippen LogP contribution < -0.4 is 10.5 Å². The van der Waals surface area contributed by atoms with Crippen molar-refractivity contribution in [3.63, 3.8) is 0 Å². The molecule has 0 bridgehead atoms. The van der Waals surface area contributed by atoms with Crippen molar-refractivity contribution in [2.45, 2.75) is 32.8 Å². The average Bonchev–Trinajstić information content (AvgIpc) is 2.11.